The molecule has 1 N–H and O–H groups in total. The number of likely N-dealkylation sites (N-methyl/N-ethyl adjacent to an activating group) is 2. The fraction of sp³-hybridized carbons (Fsp3) is 0.457. The highest BCUT2D eigenvalue weighted by Crippen LogP contribution is 2.38. The van der Waals surface area contributed by atoms with Gasteiger partial charge in [0.1, 0.15) is 67.4 Å². The minimum atomic E-state index is -3.89. The van der Waals surface area contributed by atoms with E-state index in [1.54, 1.807) is 58.5 Å². The number of aryl methyl sites for hydroxylation is 11. The number of piperazine rings is 2. The lowest BCUT2D eigenvalue weighted by Crippen LogP contribution is -2.47. The lowest BCUT2D eigenvalue weighted by Gasteiger charge is -2.31. The number of nitrogens with one attached hydrogen (secondary N) is 1. The van der Waals surface area contributed by atoms with E-state index < -0.39 is 29.1 Å². The summed E-state index contributed by atoms with van der Waals surface area (Å²) in [4.78, 5) is 53.4. The molecule has 4 aromatic carbocycles. The molecule has 0 bridgehead atoms. The molecule has 620 valence electrons. The SMILES string of the molecule is CCCc1nn(C)c2c(=O)[nH]c(-c3cc(S(=O)(=O)N4CCN(C)CC4)ccc3OCC)nc12.CCCc1nn(C)c2c(C)nc(-c3cc(S(=O)(=O)Cl)ccc3OCC)nc12.CCCc1nn(C)c2c(C)nc(-c3cc(S(=O)(=O)N4CCN(C)CC4)ccc3OCC)nc12.CCCc1nn(C)c2c(C)nc(-c3ccccc3OCC)nc12. The molecule has 14 rings (SSSR count). The van der Waals surface area contributed by atoms with Crippen molar-refractivity contribution in [3.63, 3.8) is 0 Å². The Morgan fingerprint density at radius 3 is 1.05 bits per heavy atom. The second-order valence-electron chi connectivity index (χ2n) is 28.4. The van der Waals surface area contributed by atoms with E-state index in [9.17, 15) is 30.0 Å². The van der Waals surface area contributed by atoms with Crippen molar-refractivity contribution in [3.05, 3.63) is 129 Å². The number of benzene rings is 4. The Bertz CT molecular complexity index is 5970. The number of rotatable bonds is 25. The highest BCUT2D eigenvalue weighted by Gasteiger charge is 2.32. The predicted octanol–water partition coefficient (Wildman–Crippen LogP) is 11.5. The molecule has 0 radical (unpaired) electrons. The maximum atomic E-state index is 13.4. The van der Waals surface area contributed by atoms with Crippen LogP contribution in [0.2, 0.25) is 0 Å². The van der Waals surface area contributed by atoms with Crippen molar-refractivity contribution < 1.29 is 44.2 Å². The van der Waals surface area contributed by atoms with Gasteiger partial charge in [-0.3, -0.25) is 23.5 Å². The average Bonchev–Trinajstić information content (AvgIpc) is 0.869. The molecule has 8 aromatic heterocycles. The van der Waals surface area contributed by atoms with Gasteiger partial charge in [-0.05, 0) is 155 Å². The molecular weight excluding hydrogens is 1560 g/mol. The van der Waals surface area contributed by atoms with Crippen molar-refractivity contribution in [1.82, 2.24) is 97.4 Å². The van der Waals surface area contributed by atoms with Crippen molar-refractivity contribution >= 4 is 83.9 Å². The fourth-order valence-corrected chi connectivity index (χ4v) is 18.0. The summed E-state index contributed by atoms with van der Waals surface area (Å²) in [7, 11) is 5.70. The number of ether oxygens (including phenoxy) is 4. The van der Waals surface area contributed by atoms with E-state index in [0.29, 0.717) is 148 Å². The van der Waals surface area contributed by atoms with Gasteiger partial charge in [-0.25, -0.2) is 60.1 Å². The predicted molar refractivity (Wildman–Crippen MR) is 450 cm³/mol. The van der Waals surface area contributed by atoms with Crippen LogP contribution >= 0.6 is 10.7 Å². The summed E-state index contributed by atoms with van der Waals surface area (Å²) in [5.41, 5.74) is 14.3. The first-order valence-corrected chi connectivity index (χ1v) is 44.5. The van der Waals surface area contributed by atoms with Crippen LogP contribution in [-0.2, 0) is 83.0 Å². The van der Waals surface area contributed by atoms with E-state index in [0.717, 1.165) is 129 Å². The third kappa shape index (κ3) is 18.9. The van der Waals surface area contributed by atoms with Gasteiger partial charge in [-0.2, -0.15) is 29.0 Å². The van der Waals surface area contributed by atoms with Crippen LogP contribution in [0, 0.1) is 20.8 Å². The summed E-state index contributed by atoms with van der Waals surface area (Å²) in [6, 6.07) is 22.0. The molecule has 2 aliphatic rings. The summed E-state index contributed by atoms with van der Waals surface area (Å²) < 4.78 is 110. The minimum absolute atomic E-state index is 0.0241. The Morgan fingerprint density at radius 1 is 0.379 bits per heavy atom. The van der Waals surface area contributed by atoms with Gasteiger partial charge in [0.25, 0.3) is 14.6 Å². The number of sulfonamides is 2. The summed E-state index contributed by atoms with van der Waals surface area (Å²) in [6.45, 7) is 28.2. The van der Waals surface area contributed by atoms with E-state index in [1.807, 2.05) is 124 Å². The van der Waals surface area contributed by atoms with Crippen LogP contribution in [0.25, 0.3) is 89.7 Å². The Kier molecular flexibility index (Phi) is 28.1. The number of hydrogen-bond acceptors (Lipinski definition) is 24. The number of aromatic nitrogens is 16. The summed E-state index contributed by atoms with van der Waals surface area (Å²) >= 11 is 0. The molecule has 116 heavy (non-hydrogen) atoms. The normalized spacial score (nSPS) is 14.0. The number of aromatic amines is 1. The number of halogens is 1. The molecule has 35 heteroatoms. The van der Waals surface area contributed by atoms with Crippen molar-refractivity contribution in [3.8, 4) is 68.5 Å². The zero-order valence-electron chi connectivity index (χ0n) is 69.2. The van der Waals surface area contributed by atoms with Crippen LogP contribution < -0.4 is 24.5 Å². The van der Waals surface area contributed by atoms with Crippen molar-refractivity contribution in [2.45, 2.75) is 142 Å². The second kappa shape index (κ2) is 37.5. The molecule has 2 aliphatic heterocycles. The van der Waals surface area contributed by atoms with Gasteiger partial charge in [-0.1, -0.05) is 65.5 Å². The van der Waals surface area contributed by atoms with E-state index in [1.165, 1.54) is 21.1 Å². The third-order valence-corrected chi connectivity index (χ3v) is 25.0. The van der Waals surface area contributed by atoms with E-state index in [4.69, 9.17) is 59.5 Å². The highest BCUT2D eigenvalue weighted by molar-refractivity contribution is 8.13. The molecule has 0 aliphatic carbocycles. The molecule has 0 atom stereocenters. The second-order valence-corrected chi connectivity index (χ2v) is 34.9. The first-order valence-electron chi connectivity index (χ1n) is 39.4. The van der Waals surface area contributed by atoms with Crippen LogP contribution in [0.15, 0.2) is 98.3 Å². The monoisotopic (exact) mass is 1660 g/mol. The Balaban J connectivity index is 0.000000154. The van der Waals surface area contributed by atoms with Crippen LogP contribution in [0.3, 0.4) is 0 Å². The van der Waals surface area contributed by atoms with Crippen LogP contribution in [-0.4, -0.2) is 216 Å². The van der Waals surface area contributed by atoms with Gasteiger partial charge in [0.05, 0.1) is 103 Å². The maximum absolute atomic E-state index is 13.4. The van der Waals surface area contributed by atoms with Crippen molar-refractivity contribution in [2.75, 3.05) is 92.9 Å². The standard InChI is InChI=1S/C23H32N6O3S.C22H30N6O4S.C18H21ClN4O3S.C18H22N4O/c1-6-8-19-21-22(28(5)26-19)16(3)24-23(25-21)18-15-17(9-10-20(18)32-7-2)33(30,31)29-13-11-27(4)12-14-29;1-5-7-17-19-20(27(4)25-17)22(29)24-21(23-19)16-14-15(8-9-18(16)32-6-2)33(30,31)28-12-10-26(3)11-13-28;1-5-7-14-16-17(23(4)22-14)11(3)20-18(21-16)13-10-12(27(19,24)25)8-9-15(13)26-6-2;1-5-9-14-16-17(22(4)21-14)12(3)19-18(20-16)13-10-7-8-11-15(13)23-6-2/h9-10,15H,6-8,11-14H2,1-5H3;8-9,14H,5-7,10-13H2,1-4H3,(H,23,24,29);8-10H,5-7H2,1-4H3;7-8,10-11H,5-6,9H2,1-4H3. The number of para-hydroxylation sites is 1. The summed E-state index contributed by atoms with van der Waals surface area (Å²) in [6.07, 6.45) is 7.00. The number of H-pyrrole nitrogens is 1. The van der Waals surface area contributed by atoms with Gasteiger partial charge in [0.15, 0.2) is 23.0 Å². The van der Waals surface area contributed by atoms with Gasteiger partial charge >= 0.3 is 0 Å². The summed E-state index contributed by atoms with van der Waals surface area (Å²) in [5.74, 6) is 4.13. The molecule has 0 spiro atoms. The molecule has 0 amide bonds. The van der Waals surface area contributed by atoms with Crippen LogP contribution in [0.5, 0.6) is 23.0 Å². The zero-order chi connectivity index (χ0) is 83.7. The molecular formula is C81H105ClN20O11S3. The van der Waals surface area contributed by atoms with Gasteiger partial charge in [-0.15, -0.1) is 0 Å². The van der Waals surface area contributed by atoms with Gasteiger partial charge in [0, 0.05) is 91.2 Å². The van der Waals surface area contributed by atoms with Gasteiger partial charge < -0.3 is 33.7 Å². The molecule has 2 saturated heterocycles. The number of nitrogens with zero attached hydrogens (tertiary/aromatic N) is 19. The highest BCUT2D eigenvalue weighted by atomic mass is 35.7. The smallest absolute Gasteiger partial charge is 0.277 e. The molecule has 0 saturated carbocycles. The van der Waals surface area contributed by atoms with Crippen LogP contribution in [0.1, 0.15) is 121 Å². The van der Waals surface area contributed by atoms with Crippen LogP contribution in [0.4, 0.5) is 0 Å². The molecule has 0 unspecified atom stereocenters. The van der Waals surface area contributed by atoms with E-state index in [-0.39, 0.29) is 26.1 Å². The van der Waals surface area contributed by atoms with E-state index >= 15 is 0 Å². The lowest BCUT2D eigenvalue weighted by molar-refractivity contribution is 0.222. The Hall–Kier alpha value is -9.94. The third-order valence-electron chi connectivity index (χ3n) is 19.9. The van der Waals surface area contributed by atoms with Gasteiger partial charge in [0.2, 0.25) is 20.0 Å². The van der Waals surface area contributed by atoms with Crippen molar-refractivity contribution in [1.29, 1.82) is 0 Å². The molecule has 12 aromatic rings. The molecule has 31 nitrogen and oxygen atoms in total. The fourth-order valence-electron chi connectivity index (χ4n) is 14.3. The average molecular weight is 1670 g/mol. The topological polar surface area (TPSA) is 347 Å². The minimum Gasteiger partial charge on any atom is -0.493 e. The summed E-state index contributed by atoms with van der Waals surface area (Å²) in [5, 5.41) is 18.3. The Morgan fingerprint density at radius 2 is 0.690 bits per heavy atom. The largest absolute Gasteiger partial charge is 0.493 e. The lowest BCUT2D eigenvalue weighted by atomic mass is 10.1. The molecule has 2 fully saturated rings. The van der Waals surface area contributed by atoms with E-state index in [2.05, 4.69) is 60.9 Å². The first kappa shape index (κ1) is 86.9. The number of fused-ring (bicyclic) bond motifs is 4. The zero-order valence-corrected chi connectivity index (χ0v) is 72.4. The molecule has 10 heterocycles. The van der Waals surface area contributed by atoms with Crippen molar-refractivity contribution in [2.24, 2.45) is 28.2 Å². The number of hydrogen-bond donors (Lipinski definition) is 1. The first-order chi connectivity index (χ1) is 55.4. The quantitative estimate of drug-likeness (QED) is 0.0519. The maximum Gasteiger partial charge on any atom is 0.277 e. The Labute approximate surface area is 682 Å².